The number of benzene rings is 2. The van der Waals surface area contributed by atoms with E-state index in [1.54, 1.807) is 19.2 Å². The Morgan fingerprint density at radius 3 is 2.28 bits per heavy atom. The summed E-state index contributed by atoms with van der Waals surface area (Å²) in [5, 5.41) is 17.2. The molecule has 0 aliphatic carbocycles. The molecule has 2 N–H and O–H groups in total. The van der Waals surface area contributed by atoms with Crippen molar-refractivity contribution in [2.24, 2.45) is 0 Å². The number of nitrogens with one attached hydrogen (secondary N) is 2. The second-order valence-corrected chi connectivity index (χ2v) is 6.96. The van der Waals surface area contributed by atoms with E-state index in [4.69, 9.17) is 17.0 Å². The van der Waals surface area contributed by atoms with Crippen LogP contribution < -0.4 is 15.4 Å². The first-order valence-corrected chi connectivity index (χ1v) is 8.12. The van der Waals surface area contributed by atoms with Crippen LogP contribution in [-0.2, 0) is 5.41 Å². The lowest BCUT2D eigenvalue weighted by molar-refractivity contribution is -0.384. The van der Waals surface area contributed by atoms with Gasteiger partial charge in [0, 0.05) is 17.8 Å². The van der Waals surface area contributed by atoms with Crippen LogP contribution in [0.1, 0.15) is 26.3 Å². The Balaban J connectivity index is 2.15. The quantitative estimate of drug-likeness (QED) is 0.468. The summed E-state index contributed by atoms with van der Waals surface area (Å²) in [6.45, 7) is 6.39. The molecular weight excluding hydrogens is 338 g/mol. The fourth-order valence-electron chi connectivity index (χ4n) is 2.22. The minimum atomic E-state index is -0.441. The van der Waals surface area contributed by atoms with Crippen molar-refractivity contribution in [3.63, 3.8) is 0 Å². The molecule has 6 nitrogen and oxygen atoms in total. The Morgan fingerprint density at radius 2 is 1.76 bits per heavy atom. The second kappa shape index (κ2) is 7.48. The predicted molar refractivity (Wildman–Crippen MR) is 105 cm³/mol. The number of hydrogen-bond donors (Lipinski definition) is 2. The zero-order valence-corrected chi connectivity index (χ0v) is 15.4. The van der Waals surface area contributed by atoms with Crippen molar-refractivity contribution in [1.29, 1.82) is 0 Å². The maximum Gasteiger partial charge on any atom is 0.269 e. The summed E-state index contributed by atoms with van der Waals surface area (Å²) in [5.74, 6) is 0.681. The van der Waals surface area contributed by atoms with Crippen LogP contribution in [0.2, 0.25) is 0 Å². The third-order valence-corrected chi connectivity index (χ3v) is 3.85. The fraction of sp³-hybridized carbons (Fsp3) is 0.278. The summed E-state index contributed by atoms with van der Waals surface area (Å²) in [4.78, 5) is 10.3. The molecule has 25 heavy (non-hydrogen) atoms. The zero-order valence-electron chi connectivity index (χ0n) is 14.6. The molecule has 0 saturated carbocycles. The molecule has 0 amide bonds. The van der Waals surface area contributed by atoms with Gasteiger partial charge in [-0.2, -0.15) is 0 Å². The van der Waals surface area contributed by atoms with Gasteiger partial charge in [0.2, 0.25) is 0 Å². The highest BCUT2D eigenvalue weighted by atomic mass is 32.1. The topological polar surface area (TPSA) is 76.4 Å². The largest absolute Gasteiger partial charge is 0.495 e. The van der Waals surface area contributed by atoms with Gasteiger partial charge in [-0.25, -0.2) is 0 Å². The second-order valence-electron chi connectivity index (χ2n) is 6.55. The number of thiocarbonyl (C=S) groups is 1. The van der Waals surface area contributed by atoms with E-state index in [9.17, 15) is 10.1 Å². The van der Waals surface area contributed by atoms with Crippen LogP contribution in [0.15, 0.2) is 42.5 Å². The Kier molecular flexibility index (Phi) is 5.58. The monoisotopic (exact) mass is 359 g/mol. The minimum absolute atomic E-state index is 0.00385. The van der Waals surface area contributed by atoms with Crippen molar-refractivity contribution in [2.75, 3.05) is 17.7 Å². The van der Waals surface area contributed by atoms with E-state index in [0.29, 0.717) is 16.5 Å². The molecule has 0 saturated heterocycles. The van der Waals surface area contributed by atoms with Crippen LogP contribution in [0, 0.1) is 10.1 Å². The van der Waals surface area contributed by atoms with Gasteiger partial charge < -0.3 is 15.4 Å². The highest BCUT2D eigenvalue weighted by molar-refractivity contribution is 7.80. The zero-order chi connectivity index (χ0) is 18.6. The lowest BCUT2D eigenvalue weighted by Crippen LogP contribution is -2.20. The van der Waals surface area contributed by atoms with Crippen molar-refractivity contribution >= 4 is 34.4 Å². The van der Waals surface area contributed by atoms with E-state index in [0.717, 1.165) is 11.3 Å². The standard InChI is InChI=1S/C18H21N3O3S/c1-18(2,3)12-5-10-16(24-4)15(11-12)20-17(25)19-13-6-8-14(9-7-13)21(22)23/h5-11H,1-4H3,(H2,19,20,25). The predicted octanol–water partition coefficient (Wildman–Crippen LogP) is 4.71. The Labute approximate surface area is 152 Å². The molecule has 0 fully saturated rings. The molecule has 0 atom stereocenters. The molecule has 0 unspecified atom stereocenters. The molecule has 2 aromatic rings. The molecule has 0 spiro atoms. The van der Waals surface area contributed by atoms with Crippen LogP contribution in [0.3, 0.4) is 0 Å². The smallest absolute Gasteiger partial charge is 0.269 e. The molecule has 0 bridgehead atoms. The van der Waals surface area contributed by atoms with Gasteiger partial charge in [-0.1, -0.05) is 26.8 Å². The van der Waals surface area contributed by atoms with Crippen LogP contribution >= 0.6 is 12.2 Å². The van der Waals surface area contributed by atoms with Crippen molar-refractivity contribution in [2.45, 2.75) is 26.2 Å². The SMILES string of the molecule is COc1ccc(C(C)(C)C)cc1NC(=S)Nc1ccc([N+](=O)[O-])cc1. The van der Waals surface area contributed by atoms with Crippen LogP contribution in [0.5, 0.6) is 5.75 Å². The van der Waals surface area contributed by atoms with Gasteiger partial charge in [0.05, 0.1) is 17.7 Å². The van der Waals surface area contributed by atoms with Crippen molar-refractivity contribution in [3.8, 4) is 5.75 Å². The average Bonchev–Trinajstić information content (AvgIpc) is 2.54. The van der Waals surface area contributed by atoms with E-state index >= 15 is 0 Å². The minimum Gasteiger partial charge on any atom is -0.495 e. The molecule has 7 heteroatoms. The summed E-state index contributed by atoms with van der Waals surface area (Å²) in [6.07, 6.45) is 0. The van der Waals surface area contributed by atoms with Gasteiger partial charge in [-0.3, -0.25) is 10.1 Å². The summed E-state index contributed by atoms with van der Waals surface area (Å²) in [6, 6.07) is 12.0. The first-order valence-electron chi connectivity index (χ1n) is 7.71. The molecule has 0 aliphatic heterocycles. The van der Waals surface area contributed by atoms with Crippen LogP contribution in [0.4, 0.5) is 17.1 Å². The number of rotatable bonds is 4. The molecule has 0 radical (unpaired) electrons. The number of ether oxygens (including phenoxy) is 1. The molecular formula is C18H21N3O3S. The van der Waals surface area contributed by atoms with E-state index in [-0.39, 0.29) is 11.1 Å². The third kappa shape index (κ3) is 4.90. The Bertz CT molecular complexity index is 783. The molecule has 2 rings (SSSR count). The molecule has 132 valence electrons. The lowest BCUT2D eigenvalue weighted by Gasteiger charge is -2.21. The number of methoxy groups -OCH3 is 1. The highest BCUT2D eigenvalue weighted by Crippen LogP contribution is 2.31. The number of nitrogens with zero attached hydrogens (tertiary/aromatic N) is 1. The number of nitro groups is 1. The van der Waals surface area contributed by atoms with Gasteiger partial charge in [-0.15, -0.1) is 0 Å². The number of anilines is 2. The van der Waals surface area contributed by atoms with E-state index in [1.807, 2.05) is 18.2 Å². The number of nitro benzene ring substituents is 1. The maximum absolute atomic E-state index is 10.7. The number of hydrogen-bond acceptors (Lipinski definition) is 4. The first-order chi connectivity index (χ1) is 11.7. The lowest BCUT2D eigenvalue weighted by atomic mass is 9.87. The van der Waals surface area contributed by atoms with Crippen molar-refractivity contribution in [1.82, 2.24) is 0 Å². The molecule has 2 aromatic carbocycles. The van der Waals surface area contributed by atoms with Gasteiger partial charge in [0.25, 0.3) is 5.69 Å². The summed E-state index contributed by atoms with van der Waals surface area (Å²) in [5.41, 5.74) is 2.59. The fourth-order valence-corrected chi connectivity index (χ4v) is 2.45. The van der Waals surface area contributed by atoms with E-state index in [2.05, 4.69) is 31.4 Å². The van der Waals surface area contributed by atoms with E-state index < -0.39 is 4.92 Å². The normalized spacial score (nSPS) is 10.9. The first kappa shape index (κ1) is 18.7. The number of non-ortho nitro benzene ring substituents is 1. The van der Waals surface area contributed by atoms with Crippen molar-refractivity contribution < 1.29 is 9.66 Å². The summed E-state index contributed by atoms with van der Waals surface area (Å²) >= 11 is 5.34. The van der Waals surface area contributed by atoms with Crippen LogP contribution in [-0.4, -0.2) is 17.1 Å². The van der Waals surface area contributed by atoms with Gasteiger partial charge >= 0.3 is 0 Å². The molecule has 0 aliphatic rings. The Hall–Kier alpha value is -2.67. The van der Waals surface area contributed by atoms with E-state index in [1.165, 1.54) is 12.1 Å². The van der Waals surface area contributed by atoms with Gasteiger partial charge in [0.15, 0.2) is 5.11 Å². The molecule has 0 aromatic heterocycles. The molecule has 0 heterocycles. The van der Waals surface area contributed by atoms with Crippen molar-refractivity contribution in [3.05, 3.63) is 58.1 Å². The average molecular weight is 359 g/mol. The maximum atomic E-state index is 10.7. The Morgan fingerprint density at radius 1 is 1.12 bits per heavy atom. The highest BCUT2D eigenvalue weighted by Gasteiger charge is 2.16. The summed E-state index contributed by atoms with van der Waals surface area (Å²) in [7, 11) is 1.60. The third-order valence-electron chi connectivity index (χ3n) is 3.65. The van der Waals surface area contributed by atoms with Crippen LogP contribution in [0.25, 0.3) is 0 Å². The summed E-state index contributed by atoms with van der Waals surface area (Å²) < 4.78 is 5.38. The van der Waals surface area contributed by atoms with Gasteiger partial charge in [0.1, 0.15) is 5.75 Å². The van der Waals surface area contributed by atoms with Gasteiger partial charge in [-0.05, 0) is 47.5 Å².